The minimum Gasteiger partial charge on any atom is -0.396 e. The second-order valence-corrected chi connectivity index (χ2v) is 2.35. The second-order valence-electron chi connectivity index (χ2n) is 2.35. The predicted molar refractivity (Wildman–Crippen MR) is 37.1 cm³/mol. The first kappa shape index (κ1) is 9.06. The fourth-order valence-electron chi connectivity index (χ4n) is 0.881. The Morgan fingerprint density at radius 3 is 2.00 bits per heavy atom. The van der Waals surface area contributed by atoms with Crippen molar-refractivity contribution in [3.63, 3.8) is 0 Å². The first-order valence-electron chi connectivity index (χ1n) is 3.39. The molecule has 0 aliphatic heterocycles. The number of halogens is 3. The lowest BCUT2D eigenvalue weighted by molar-refractivity contribution is 0.299. The van der Waals surface area contributed by atoms with Gasteiger partial charge in [0.2, 0.25) is 0 Å². The molecule has 66 valence electrons. The van der Waals surface area contributed by atoms with Crippen LogP contribution in [0.2, 0.25) is 0 Å². The van der Waals surface area contributed by atoms with Gasteiger partial charge >= 0.3 is 0 Å². The molecule has 0 fully saturated rings. The topological polar surface area (TPSA) is 20.2 Å². The van der Waals surface area contributed by atoms with E-state index in [-0.39, 0.29) is 18.6 Å². The molecule has 1 aromatic rings. The molecule has 1 rings (SSSR count). The Kier molecular flexibility index (Phi) is 2.70. The van der Waals surface area contributed by atoms with Crippen LogP contribution >= 0.6 is 0 Å². The summed E-state index contributed by atoms with van der Waals surface area (Å²) in [5.74, 6) is -3.92. The van der Waals surface area contributed by atoms with E-state index < -0.39 is 17.5 Å². The van der Waals surface area contributed by atoms with Crippen LogP contribution in [0, 0.1) is 17.5 Å². The lowest BCUT2D eigenvalue weighted by Gasteiger charge is -2.00. The van der Waals surface area contributed by atoms with Gasteiger partial charge in [-0.3, -0.25) is 0 Å². The summed E-state index contributed by atoms with van der Waals surface area (Å²) in [6.45, 7) is -0.218. The first-order chi connectivity index (χ1) is 5.65. The molecule has 0 amide bonds. The molecule has 0 heterocycles. The summed E-state index contributed by atoms with van der Waals surface area (Å²) in [6, 6.07) is 1.74. The van der Waals surface area contributed by atoms with Crippen LogP contribution < -0.4 is 0 Å². The molecule has 0 aliphatic carbocycles. The van der Waals surface area contributed by atoms with Gasteiger partial charge in [-0.2, -0.15) is 0 Å². The molecule has 1 N–H and O–H groups in total. The van der Waals surface area contributed by atoms with Gasteiger partial charge in [-0.05, 0) is 24.1 Å². The van der Waals surface area contributed by atoms with Crippen molar-refractivity contribution in [3.05, 3.63) is 35.1 Å². The van der Waals surface area contributed by atoms with E-state index >= 15 is 0 Å². The van der Waals surface area contributed by atoms with Crippen LogP contribution in [0.15, 0.2) is 12.1 Å². The lowest BCUT2D eigenvalue weighted by atomic mass is 10.1. The van der Waals surface area contributed by atoms with Crippen LogP contribution in [0.25, 0.3) is 0 Å². The molecule has 12 heavy (non-hydrogen) atoms. The lowest BCUT2D eigenvalue weighted by Crippen LogP contribution is -1.97. The Labute approximate surface area is 67.5 Å². The molecule has 0 bridgehead atoms. The van der Waals surface area contributed by atoms with Gasteiger partial charge in [-0.25, -0.2) is 13.2 Å². The highest BCUT2D eigenvalue weighted by Crippen LogP contribution is 2.13. The van der Waals surface area contributed by atoms with E-state index in [1.54, 1.807) is 0 Å². The second kappa shape index (κ2) is 3.58. The first-order valence-corrected chi connectivity index (χ1v) is 3.39. The van der Waals surface area contributed by atoms with E-state index in [4.69, 9.17) is 5.11 Å². The van der Waals surface area contributed by atoms with Gasteiger partial charge in [0, 0.05) is 6.61 Å². The van der Waals surface area contributed by atoms with Gasteiger partial charge < -0.3 is 5.11 Å². The van der Waals surface area contributed by atoms with E-state index in [1.807, 2.05) is 0 Å². The molecule has 0 aromatic heterocycles. The molecule has 1 nitrogen and oxygen atoms in total. The third kappa shape index (κ3) is 1.76. The van der Waals surface area contributed by atoms with Gasteiger partial charge in [0.25, 0.3) is 0 Å². The summed E-state index contributed by atoms with van der Waals surface area (Å²) in [6.07, 6.45) is 0.119. The Morgan fingerprint density at radius 1 is 1.08 bits per heavy atom. The normalized spacial score (nSPS) is 10.3. The fourth-order valence-corrected chi connectivity index (χ4v) is 0.881. The van der Waals surface area contributed by atoms with Gasteiger partial charge in [0.05, 0.1) is 0 Å². The molecule has 0 spiro atoms. The monoisotopic (exact) mass is 176 g/mol. The molecule has 1 aromatic carbocycles. The third-order valence-corrected chi connectivity index (χ3v) is 1.44. The smallest absolute Gasteiger partial charge is 0.194 e. The predicted octanol–water partition coefficient (Wildman–Crippen LogP) is 1.64. The summed E-state index contributed by atoms with van der Waals surface area (Å²) in [5, 5.41) is 8.43. The maximum absolute atomic E-state index is 12.5. The summed E-state index contributed by atoms with van der Waals surface area (Å²) < 4.78 is 37.3. The zero-order chi connectivity index (χ0) is 9.14. The van der Waals surface area contributed by atoms with Crippen LogP contribution in [0.1, 0.15) is 5.56 Å². The molecular weight excluding hydrogens is 169 g/mol. The highest BCUT2D eigenvalue weighted by atomic mass is 19.2. The highest BCUT2D eigenvalue weighted by Gasteiger charge is 2.09. The molecule has 0 unspecified atom stereocenters. The van der Waals surface area contributed by atoms with Crippen molar-refractivity contribution in [2.75, 3.05) is 6.61 Å². The summed E-state index contributed by atoms with van der Waals surface area (Å²) in [7, 11) is 0. The number of aliphatic hydroxyl groups excluding tert-OH is 1. The van der Waals surface area contributed by atoms with Crippen molar-refractivity contribution in [2.45, 2.75) is 6.42 Å². The average molecular weight is 176 g/mol. The van der Waals surface area contributed by atoms with Gasteiger partial charge in [0.15, 0.2) is 17.5 Å². The van der Waals surface area contributed by atoms with Crippen molar-refractivity contribution < 1.29 is 18.3 Å². The molecule has 0 saturated carbocycles. The Hall–Kier alpha value is -1.03. The summed E-state index contributed by atoms with van der Waals surface area (Å²) in [5.41, 5.74) is 0.244. The molecule has 0 radical (unpaired) electrons. The molecular formula is C8H7F3O. The van der Waals surface area contributed by atoms with Gasteiger partial charge in [-0.15, -0.1) is 0 Å². The number of hydrogen-bond acceptors (Lipinski definition) is 1. The Balaban J connectivity index is 3.04. The largest absolute Gasteiger partial charge is 0.396 e. The summed E-state index contributed by atoms with van der Waals surface area (Å²) >= 11 is 0. The van der Waals surface area contributed by atoms with Crippen LogP contribution in [-0.2, 0) is 6.42 Å². The third-order valence-electron chi connectivity index (χ3n) is 1.44. The number of aliphatic hydroxyl groups is 1. The standard InChI is InChI=1S/C8H7F3O/c9-6-3-5(1-2-12)4-7(10)8(6)11/h3-4,12H,1-2H2. The molecule has 0 saturated heterocycles. The van der Waals surface area contributed by atoms with Crippen LogP contribution in [0.5, 0.6) is 0 Å². The van der Waals surface area contributed by atoms with Crippen molar-refractivity contribution in [3.8, 4) is 0 Å². The zero-order valence-corrected chi connectivity index (χ0v) is 6.15. The number of hydrogen-bond donors (Lipinski definition) is 1. The molecule has 4 heteroatoms. The van der Waals surface area contributed by atoms with Crippen molar-refractivity contribution in [1.29, 1.82) is 0 Å². The maximum Gasteiger partial charge on any atom is 0.194 e. The average Bonchev–Trinajstić information content (AvgIpc) is 2.01. The van der Waals surface area contributed by atoms with Gasteiger partial charge in [0.1, 0.15) is 0 Å². The minimum absolute atomic E-state index is 0.119. The van der Waals surface area contributed by atoms with E-state index in [0.717, 1.165) is 12.1 Å². The van der Waals surface area contributed by atoms with Gasteiger partial charge in [-0.1, -0.05) is 0 Å². The number of benzene rings is 1. The quantitative estimate of drug-likeness (QED) is 0.679. The van der Waals surface area contributed by atoms with Crippen LogP contribution in [-0.4, -0.2) is 11.7 Å². The maximum atomic E-state index is 12.5. The van der Waals surface area contributed by atoms with E-state index in [1.165, 1.54) is 0 Å². The van der Waals surface area contributed by atoms with Crippen LogP contribution in [0.4, 0.5) is 13.2 Å². The molecule has 0 atom stereocenters. The van der Waals surface area contributed by atoms with E-state index in [0.29, 0.717) is 0 Å². The minimum atomic E-state index is -1.48. The van der Waals surface area contributed by atoms with E-state index in [2.05, 4.69) is 0 Å². The zero-order valence-electron chi connectivity index (χ0n) is 6.15. The Morgan fingerprint density at radius 2 is 1.58 bits per heavy atom. The summed E-state index contributed by atoms with van der Waals surface area (Å²) in [4.78, 5) is 0. The number of rotatable bonds is 2. The van der Waals surface area contributed by atoms with Crippen molar-refractivity contribution in [1.82, 2.24) is 0 Å². The van der Waals surface area contributed by atoms with Crippen molar-refractivity contribution >= 4 is 0 Å². The van der Waals surface area contributed by atoms with Crippen LogP contribution in [0.3, 0.4) is 0 Å². The van der Waals surface area contributed by atoms with E-state index in [9.17, 15) is 13.2 Å². The molecule has 0 aliphatic rings. The SMILES string of the molecule is OCCc1cc(F)c(F)c(F)c1. The van der Waals surface area contributed by atoms with Crippen molar-refractivity contribution in [2.24, 2.45) is 0 Å². The Bertz CT molecular complexity index is 263. The highest BCUT2D eigenvalue weighted by molar-refractivity contribution is 5.19. The fraction of sp³-hybridized carbons (Fsp3) is 0.250.